The second-order valence-electron chi connectivity index (χ2n) is 6.00. The number of ether oxygens (including phenoxy) is 3. The van der Waals surface area contributed by atoms with E-state index >= 15 is 0 Å². The molecular weight excluding hydrogens is 281 g/mol. The van der Waals surface area contributed by atoms with Crippen molar-refractivity contribution in [1.82, 2.24) is 4.90 Å². The van der Waals surface area contributed by atoms with E-state index in [-0.39, 0.29) is 19.3 Å². The molecule has 1 aliphatic rings. The van der Waals surface area contributed by atoms with E-state index in [2.05, 4.69) is 4.74 Å². The third-order valence-electron chi connectivity index (χ3n) is 3.04. The second-order valence-corrected chi connectivity index (χ2v) is 6.00. The van der Waals surface area contributed by atoms with Crippen molar-refractivity contribution < 1.29 is 28.2 Å². The Balaban J connectivity index is 2.40. The van der Waals surface area contributed by atoms with E-state index in [1.807, 2.05) is 0 Å². The third-order valence-corrected chi connectivity index (χ3v) is 3.04. The zero-order valence-corrected chi connectivity index (χ0v) is 13.1. The number of hydrogen-bond acceptors (Lipinski definition) is 5. The Morgan fingerprint density at radius 1 is 1.38 bits per heavy atom. The highest BCUT2D eigenvalue weighted by Crippen LogP contribution is 2.21. The van der Waals surface area contributed by atoms with Crippen LogP contribution in [0.2, 0.25) is 0 Å². The van der Waals surface area contributed by atoms with Crippen LogP contribution in [-0.2, 0) is 19.0 Å². The Morgan fingerprint density at radius 3 is 2.62 bits per heavy atom. The lowest BCUT2D eigenvalue weighted by Crippen LogP contribution is -2.42. The van der Waals surface area contributed by atoms with Crippen molar-refractivity contribution in [3.63, 3.8) is 0 Å². The van der Waals surface area contributed by atoms with Gasteiger partial charge in [-0.25, -0.2) is 14.0 Å². The highest BCUT2D eigenvalue weighted by molar-refractivity contribution is 5.74. The fraction of sp³-hybridized carbons (Fsp3) is 0.857. The minimum atomic E-state index is -1.80. The molecule has 7 heteroatoms. The summed E-state index contributed by atoms with van der Waals surface area (Å²) < 4.78 is 28.0. The first-order valence-corrected chi connectivity index (χ1v) is 7.04. The van der Waals surface area contributed by atoms with Gasteiger partial charge < -0.3 is 19.1 Å². The number of alkyl halides is 1. The number of likely N-dealkylation sites (tertiary alicyclic amines) is 1. The monoisotopic (exact) mass is 305 g/mol. The van der Waals surface area contributed by atoms with E-state index in [9.17, 15) is 14.0 Å². The van der Waals surface area contributed by atoms with E-state index in [0.29, 0.717) is 6.54 Å². The normalized spacial score (nSPS) is 20.2. The fourth-order valence-corrected chi connectivity index (χ4v) is 2.07. The van der Waals surface area contributed by atoms with Gasteiger partial charge in [0.25, 0.3) is 0 Å². The van der Waals surface area contributed by atoms with E-state index in [1.54, 1.807) is 25.7 Å². The molecule has 1 unspecified atom stereocenters. The lowest BCUT2D eigenvalue weighted by molar-refractivity contribution is -0.149. The van der Waals surface area contributed by atoms with Gasteiger partial charge in [0.1, 0.15) is 5.60 Å². The summed E-state index contributed by atoms with van der Waals surface area (Å²) in [6.07, 6.45) is -0.567. The van der Waals surface area contributed by atoms with Crippen LogP contribution >= 0.6 is 0 Å². The number of esters is 1. The molecule has 1 fully saturated rings. The quantitative estimate of drug-likeness (QED) is 0.726. The van der Waals surface area contributed by atoms with E-state index in [4.69, 9.17) is 9.47 Å². The Kier molecular flexibility index (Phi) is 6.39. The lowest BCUT2D eigenvalue weighted by atomic mass is 10.2. The highest BCUT2D eigenvalue weighted by Gasteiger charge is 2.32. The van der Waals surface area contributed by atoms with Gasteiger partial charge in [-0.15, -0.1) is 0 Å². The highest BCUT2D eigenvalue weighted by atomic mass is 19.1. The number of rotatable bonds is 5. The Hall–Kier alpha value is -1.37. The van der Waals surface area contributed by atoms with Gasteiger partial charge in [0.2, 0.25) is 6.17 Å². The fourth-order valence-electron chi connectivity index (χ4n) is 2.07. The second kappa shape index (κ2) is 7.59. The van der Waals surface area contributed by atoms with Crippen molar-refractivity contribution in [3.05, 3.63) is 0 Å². The van der Waals surface area contributed by atoms with Crippen LogP contribution < -0.4 is 0 Å². The third kappa shape index (κ3) is 5.87. The predicted molar refractivity (Wildman–Crippen MR) is 73.7 cm³/mol. The smallest absolute Gasteiger partial charge is 0.410 e. The van der Waals surface area contributed by atoms with E-state index in [1.165, 1.54) is 0 Å². The van der Waals surface area contributed by atoms with Crippen molar-refractivity contribution in [1.29, 1.82) is 0 Å². The molecule has 6 nitrogen and oxygen atoms in total. The average molecular weight is 305 g/mol. The van der Waals surface area contributed by atoms with Gasteiger partial charge in [-0.1, -0.05) is 0 Å². The van der Waals surface area contributed by atoms with Crippen LogP contribution in [0.5, 0.6) is 0 Å². The first-order chi connectivity index (χ1) is 9.74. The van der Waals surface area contributed by atoms with Crippen LogP contribution in [0, 0.1) is 0 Å². The molecule has 1 saturated heterocycles. The van der Waals surface area contributed by atoms with Gasteiger partial charge in [-0.05, 0) is 33.6 Å². The summed E-state index contributed by atoms with van der Waals surface area (Å²) in [6.45, 7) is 5.81. The Labute approximate surface area is 124 Å². The Bertz CT molecular complexity index is 369. The van der Waals surface area contributed by atoms with Crippen LogP contribution in [0.25, 0.3) is 0 Å². The molecule has 0 bridgehead atoms. The van der Waals surface area contributed by atoms with Crippen molar-refractivity contribution >= 4 is 12.1 Å². The van der Waals surface area contributed by atoms with Gasteiger partial charge >= 0.3 is 12.1 Å². The van der Waals surface area contributed by atoms with Gasteiger partial charge in [0.15, 0.2) is 0 Å². The SMILES string of the molecule is COC(=O)C(F)COC[C@@H]1CCCN1C(=O)OC(C)(C)C. The molecule has 1 aliphatic heterocycles. The summed E-state index contributed by atoms with van der Waals surface area (Å²) >= 11 is 0. The van der Waals surface area contributed by atoms with Crippen LogP contribution in [-0.4, -0.2) is 61.6 Å². The molecule has 21 heavy (non-hydrogen) atoms. The lowest BCUT2D eigenvalue weighted by Gasteiger charge is -2.28. The largest absolute Gasteiger partial charge is 0.467 e. The van der Waals surface area contributed by atoms with E-state index < -0.39 is 23.8 Å². The molecule has 0 aliphatic carbocycles. The standard InChI is InChI=1S/C14H24FNO5/c1-14(2,3)21-13(18)16-7-5-6-10(16)8-20-9-11(15)12(17)19-4/h10-11H,5-9H2,1-4H3/t10-,11?/m0/s1. The molecule has 0 spiro atoms. The number of hydrogen-bond donors (Lipinski definition) is 0. The van der Waals surface area contributed by atoms with Crippen LogP contribution in [0.15, 0.2) is 0 Å². The molecule has 0 saturated carbocycles. The molecule has 0 aromatic carbocycles. The molecule has 1 heterocycles. The van der Waals surface area contributed by atoms with Crippen molar-refractivity contribution in [2.75, 3.05) is 26.9 Å². The Morgan fingerprint density at radius 2 is 2.05 bits per heavy atom. The number of carbonyl (C=O) groups excluding carboxylic acids is 2. The summed E-state index contributed by atoms with van der Waals surface area (Å²) in [5.74, 6) is -0.953. The number of carbonyl (C=O) groups is 2. The number of methoxy groups -OCH3 is 1. The molecule has 0 N–H and O–H groups in total. The molecule has 0 aromatic heterocycles. The van der Waals surface area contributed by atoms with Crippen LogP contribution in [0.3, 0.4) is 0 Å². The maximum absolute atomic E-state index is 13.2. The predicted octanol–water partition coefficient (Wildman–Crippen LogP) is 1.91. The molecule has 0 aromatic rings. The van der Waals surface area contributed by atoms with Gasteiger partial charge in [-0.2, -0.15) is 0 Å². The zero-order chi connectivity index (χ0) is 16.0. The first-order valence-electron chi connectivity index (χ1n) is 7.04. The minimum absolute atomic E-state index is 0.148. The number of amides is 1. The maximum Gasteiger partial charge on any atom is 0.410 e. The molecule has 1 rings (SSSR count). The van der Waals surface area contributed by atoms with Crippen LogP contribution in [0.4, 0.5) is 9.18 Å². The molecule has 1 amide bonds. The summed E-state index contributed by atoms with van der Waals surface area (Å²) in [4.78, 5) is 24.5. The summed E-state index contributed by atoms with van der Waals surface area (Å²) in [6, 6.07) is -0.148. The van der Waals surface area contributed by atoms with Crippen molar-refractivity contribution in [2.24, 2.45) is 0 Å². The molecule has 2 atom stereocenters. The van der Waals surface area contributed by atoms with Crippen molar-refractivity contribution in [2.45, 2.75) is 51.4 Å². The van der Waals surface area contributed by atoms with Gasteiger partial charge in [0.05, 0.1) is 26.4 Å². The summed E-state index contributed by atoms with van der Waals surface area (Å²) in [5.41, 5.74) is -0.556. The number of halogens is 1. The topological polar surface area (TPSA) is 65.1 Å². The minimum Gasteiger partial charge on any atom is -0.467 e. The average Bonchev–Trinajstić information content (AvgIpc) is 2.84. The van der Waals surface area contributed by atoms with Gasteiger partial charge in [-0.3, -0.25) is 0 Å². The molecular formula is C14H24FNO5. The molecule has 122 valence electrons. The van der Waals surface area contributed by atoms with Crippen molar-refractivity contribution in [3.8, 4) is 0 Å². The van der Waals surface area contributed by atoms with E-state index in [0.717, 1.165) is 20.0 Å². The molecule has 0 radical (unpaired) electrons. The first kappa shape index (κ1) is 17.7. The summed E-state index contributed by atoms with van der Waals surface area (Å²) in [5, 5.41) is 0. The zero-order valence-electron chi connectivity index (χ0n) is 13.1. The maximum atomic E-state index is 13.2. The summed E-state index contributed by atoms with van der Waals surface area (Å²) in [7, 11) is 1.12. The van der Waals surface area contributed by atoms with Crippen LogP contribution in [0.1, 0.15) is 33.6 Å². The van der Waals surface area contributed by atoms with Gasteiger partial charge in [0, 0.05) is 6.54 Å². The number of nitrogens with zero attached hydrogens (tertiary/aromatic N) is 1.